The molecule has 1 heterocycles. The van der Waals surface area contributed by atoms with E-state index >= 15 is 0 Å². The molecule has 0 bridgehead atoms. The van der Waals surface area contributed by atoms with Crippen molar-refractivity contribution in [3.05, 3.63) is 42.2 Å². The summed E-state index contributed by atoms with van der Waals surface area (Å²) in [6, 6.07) is 8.17. The maximum atomic E-state index is 12.3. The fourth-order valence-corrected chi connectivity index (χ4v) is 2.67. The Balaban J connectivity index is 2.05. The summed E-state index contributed by atoms with van der Waals surface area (Å²) in [4.78, 5) is 24.8. The van der Waals surface area contributed by atoms with E-state index in [-0.39, 0.29) is 5.91 Å². The molecule has 0 aliphatic rings. The average molecular weight is 341 g/mol. The highest BCUT2D eigenvalue weighted by molar-refractivity contribution is 5.93. The molecule has 0 unspecified atom stereocenters. The van der Waals surface area contributed by atoms with Crippen molar-refractivity contribution >= 4 is 23.2 Å². The fraction of sp³-hybridized carbons (Fsp3) is 0.421. The third kappa shape index (κ3) is 4.68. The van der Waals surface area contributed by atoms with Crippen molar-refractivity contribution in [3.8, 4) is 0 Å². The van der Waals surface area contributed by atoms with E-state index < -0.39 is 0 Å². The molecule has 2 rings (SSSR count). The van der Waals surface area contributed by atoms with Gasteiger partial charge in [0.15, 0.2) is 0 Å². The number of amides is 1. The topological polar surface area (TPSA) is 61.4 Å². The average Bonchev–Trinajstić information content (AvgIpc) is 2.65. The van der Waals surface area contributed by atoms with Gasteiger partial charge in [0.25, 0.3) is 5.91 Å². The molecule has 6 nitrogen and oxygen atoms in total. The van der Waals surface area contributed by atoms with Crippen LogP contribution in [0.15, 0.2) is 36.7 Å². The van der Waals surface area contributed by atoms with Gasteiger partial charge in [0.2, 0.25) is 5.95 Å². The maximum absolute atomic E-state index is 12.3. The summed E-state index contributed by atoms with van der Waals surface area (Å²) >= 11 is 0. The Bertz CT molecular complexity index is 661. The van der Waals surface area contributed by atoms with Crippen LogP contribution in [0.25, 0.3) is 0 Å². The molecule has 2 aromatic rings. The summed E-state index contributed by atoms with van der Waals surface area (Å²) in [7, 11) is 0. The Morgan fingerprint density at radius 1 is 0.920 bits per heavy atom. The first-order valence-electron chi connectivity index (χ1n) is 8.86. The molecular weight excluding hydrogens is 314 g/mol. The second-order valence-corrected chi connectivity index (χ2v) is 5.62. The van der Waals surface area contributed by atoms with Crippen molar-refractivity contribution in [2.75, 3.05) is 36.4 Å². The van der Waals surface area contributed by atoms with Crippen LogP contribution in [-0.4, -0.2) is 47.0 Å². The van der Waals surface area contributed by atoms with E-state index in [9.17, 15) is 4.79 Å². The molecule has 25 heavy (non-hydrogen) atoms. The van der Waals surface area contributed by atoms with Crippen LogP contribution < -0.4 is 10.2 Å². The van der Waals surface area contributed by atoms with Crippen molar-refractivity contribution in [1.82, 2.24) is 14.9 Å². The van der Waals surface area contributed by atoms with Gasteiger partial charge < -0.3 is 15.1 Å². The van der Waals surface area contributed by atoms with E-state index in [0.717, 1.165) is 18.8 Å². The molecule has 0 saturated carbocycles. The van der Waals surface area contributed by atoms with Gasteiger partial charge in [0.1, 0.15) is 0 Å². The van der Waals surface area contributed by atoms with Crippen LogP contribution in [0.4, 0.5) is 17.3 Å². The molecule has 1 aromatic heterocycles. The van der Waals surface area contributed by atoms with Crippen molar-refractivity contribution in [2.24, 2.45) is 0 Å². The number of anilines is 3. The van der Waals surface area contributed by atoms with Gasteiger partial charge in [0.05, 0.1) is 5.56 Å². The standard InChI is InChI=1S/C19H27N5O/c1-5-23(6-2)17-11-9-16(10-12-17)22-19-20-13-15(14-21-19)18(25)24(7-3)8-4/h9-14H,5-8H2,1-4H3,(H,20,21,22). The zero-order chi connectivity index (χ0) is 18.2. The fourth-order valence-electron chi connectivity index (χ4n) is 2.67. The summed E-state index contributed by atoms with van der Waals surface area (Å²) < 4.78 is 0. The molecule has 1 N–H and O–H groups in total. The molecule has 6 heteroatoms. The summed E-state index contributed by atoms with van der Waals surface area (Å²) in [6.45, 7) is 11.5. The molecule has 1 amide bonds. The van der Waals surface area contributed by atoms with Crippen LogP contribution in [0.3, 0.4) is 0 Å². The Morgan fingerprint density at radius 3 is 1.96 bits per heavy atom. The summed E-state index contributed by atoms with van der Waals surface area (Å²) in [5.74, 6) is 0.437. The van der Waals surface area contributed by atoms with E-state index in [1.54, 1.807) is 17.3 Å². The van der Waals surface area contributed by atoms with Crippen molar-refractivity contribution in [3.63, 3.8) is 0 Å². The normalized spacial score (nSPS) is 10.4. The number of hydrogen-bond donors (Lipinski definition) is 1. The van der Waals surface area contributed by atoms with Crippen molar-refractivity contribution in [1.29, 1.82) is 0 Å². The second kappa shape index (κ2) is 9.01. The molecule has 0 saturated heterocycles. The third-order valence-corrected chi connectivity index (χ3v) is 4.20. The minimum Gasteiger partial charge on any atom is -0.372 e. The molecule has 0 atom stereocenters. The second-order valence-electron chi connectivity index (χ2n) is 5.62. The lowest BCUT2D eigenvalue weighted by atomic mass is 10.2. The van der Waals surface area contributed by atoms with Gasteiger partial charge in [-0.05, 0) is 52.0 Å². The lowest BCUT2D eigenvalue weighted by Crippen LogP contribution is -2.30. The molecule has 1 aromatic carbocycles. The first-order valence-corrected chi connectivity index (χ1v) is 8.86. The maximum Gasteiger partial charge on any atom is 0.256 e. The van der Waals surface area contributed by atoms with E-state index in [1.807, 2.05) is 26.0 Å². The van der Waals surface area contributed by atoms with Gasteiger partial charge >= 0.3 is 0 Å². The number of rotatable bonds is 8. The van der Waals surface area contributed by atoms with Gasteiger partial charge in [-0.25, -0.2) is 9.97 Å². The smallest absolute Gasteiger partial charge is 0.256 e. The molecule has 0 fully saturated rings. The molecule has 0 aliphatic heterocycles. The monoisotopic (exact) mass is 341 g/mol. The number of carbonyl (C=O) groups excluding carboxylic acids is 1. The highest BCUT2D eigenvalue weighted by Crippen LogP contribution is 2.19. The van der Waals surface area contributed by atoms with E-state index in [0.29, 0.717) is 24.6 Å². The predicted octanol–water partition coefficient (Wildman–Crippen LogP) is 3.55. The third-order valence-electron chi connectivity index (χ3n) is 4.20. The number of nitrogens with one attached hydrogen (secondary N) is 1. The summed E-state index contributed by atoms with van der Waals surface area (Å²) in [6.07, 6.45) is 3.14. The van der Waals surface area contributed by atoms with E-state index in [1.165, 1.54) is 5.69 Å². The molecule has 0 spiro atoms. The number of benzene rings is 1. The van der Waals surface area contributed by atoms with Gasteiger partial charge in [-0.2, -0.15) is 0 Å². The Kier molecular flexibility index (Phi) is 6.74. The molecule has 0 aliphatic carbocycles. The lowest BCUT2D eigenvalue weighted by molar-refractivity contribution is 0.0772. The van der Waals surface area contributed by atoms with Crippen molar-refractivity contribution in [2.45, 2.75) is 27.7 Å². The Hall–Kier alpha value is -2.63. The Labute approximate surface area is 149 Å². The van der Waals surface area contributed by atoms with Crippen LogP contribution in [0.2, 0.25) is 0 Å². The van der Waals surface area contributed by atoms with Crippen LogP contribution >= 0.6 is 0 Å². The quantitative estimate of drug-likeness (QED) is 0.795. The van der Waals surface area contributed by atoms with E-state index in [4.69, 9.17) is 0 Å². The first-order chi connectivity index (χ1) is 12.1. The van der Waals surface area contributed by atoms with Gasteiger partial charge in [-0.1, -0.05) is 0 Å². The SMILES string of the molecule is CCN(CC)C(=O)c1cnc(Nc2ccc(N(CC)CC)cc2)nc1. The largest absolute Gasteiger partial charge is 0.372 e. The van der Waals surface area contributed by atoms with Crippen LogP contribution in [0.5, 0.6) is 0 Å². The van der Waals surface area contributed by atoms with Gasteiger partial charge in [0, 0.05) is 49.9 Å². The first kappa shape index (κ1) is 18.7. The minimum absolute atomic E-state index is 0.0416. The lowest BCUT2D eigenvalue weighted by Gasteiger charge is -2.21. The molecule has 134 valence electrons. The van der Waals surface area contributed by atoms with Crippen LogP contribution in [-0.2, 0) is 0 Å². The number of hydrogen-bond acceptors (Lipinski definition) is 5. The molecule has 0 radical (unpaired) electrons. The van der Waals surface area contributed by atoms with Crippen LogP contribution in [0.1, 0.15) is 38.1 Å². The number of aromatic nitrogens is 2. The zero-order valence-corrected chi connectivity index (χ0v) is 15.5. The zero-order valence-electron chi connectivity index (χ0n) is 15.5. The van der Waals surface area contributed by atoms with E-state index in [2.05, 4.69) is 46.2 Å². The highest BCUT2D eigenvalue weighted by Gasteiger charge is 2.13. The highest BCUT2D eigenvalue weighted by atomic mass is 16.2. The summed E-state index contributed by atoms with van der Waals surface area (Å²) in [5, 5.41) is 3.16. The number of nitrogens with zero attached hydrogens (tertiary/aromatic N) is 4. The van der Waals surface area contributed by atoms with Crippen LogP contribution in [0, 0.1) is 0 Å². The van der Waals surface area contributed by atoms with Crippen molar-refractivity contribution < 1.29 is 4.79 Å². The summed E-state index contributed by atoms with van der Waals surface area (Å²) in [5.41, 5.74) is 2.61. The van der Waals surface area contributed by atoms with Gasteiger partial charge in [-0.3, -0.25) is 4.79 Å². The van der Waals surface area contributed by atoms with Gasteiger partial charge in [-0.15, -0.1) is 0 Å². The molecular formula is C19H27N5O. The minimum atomic E-state index is -0.0416. The number of carbonyl (C=O) groups is 1. The Morgan fingerprint density at radius 2 is 1.48 bits per heavy atom. The predicted molar refractivity (Wildman–Crippen MR) is 103 cm³/mol.